The van der Waals surface area contributed by atoms with Gasteiger partial charge in [-0.1, -0.05) is 0 Å². The number of rotatable bonds is 2. The molecule has 0 bridgehead atoms. The zero-order valence-corrected chi connectivity index (χ0v) is 10.4. The highest BCUT2D eigenvalue weighted by Gasteiger charge is 2.29. The average Bonchev–Trinajstić information content (AvgIpc) is 2.80. The van der Waals surface area contributed by atoms with Crippen molar-refractivity contribution in [2.24, 2.45) is 7.05 Å². The highest BCUT2D eigenvalue weighted by atomic mass is 16.6. The number of nitrogens with one attached hydrogen (secondary N) is 1. The summed E-state index contributed by atoms with van der Waals surface area (Å²) in [5.41, 5.74) is 0.0864. The molecule has 2 heterocycles. The summed E-state index contributed by atoms with van der Waals surface area (Å²) in [5, 5.41) is 22.7. The average molecular weight is 263 g/mol. The van der Waals surface area contributed by atoms with E-state index in [1.165, 1.54) is 21.7 Å². The van der Waals surface area contributed by atoms with Crippen LogP contribution in [0.4, 0.5) is 5.69 Å². The minimum absolute atomic E-state index is 0.130. The van der Waals surface area contributed by atoms with Crippen molar-refractivity contribution in [1.29, 1.82) is 5.26 Å². The van der Waals surface area contributed by atoms with E-state index in [0.717, 1.165) is 0 Å². The number of aromatic nitrogens is 1. The van der Waals surface area contributed by atoms with Crippen molar-refractivity contribution in [3.8, 4) is 6.07 Å². The van der Waals surface area contributed by atoms with Crippen LogP contribution in [0.2, 0.25) is 0 Å². The fourth-order valence-electron chi connectivity index (χ4n) is 2.07. The quantitative estimate of drug-likeness (QED) is 0.591. The minimum Gasteiger partial charge on any atom is -0.340 e. The van der Waals surface area contributed by atoms with Gasteiger partial charge < -0.3 is 14.8 Å². The summed E-state index contributed by atoms with van der Waals surface area (Å²) in [5.74, 6) is -0.358. The highest BCUT2D eigenvalue weighted by molar-refractivity contribution is 5.94. The van der Waals surface area contributed by atoms with Gasteiger partial charge in [0.05, 0.1) is 17.2 Å². The molecular formula is C11H13N5O3. The second-order valence-electron chi connectivity index (χ2n) is 4.30. The Morgan fingerprint density at radius 3 is 3.00 bits per heavy atom. The fraction of sp³-hybridized carbons (Fsp3) is 0.455. The normalized spacial score (nSPS) is 18.9. The van der Waals surface area contributed by atoms with Crippen LogP contribution in [0.25, 0.3) is 0 Å². The van der Waals surface area contributed by atoms with Gasteiger partial charge >= 0.3 is 0 Å². The first-order valence-electron chi connectivity index (χ1n) is 5.76. The standard InChI is InChI=1S/C11H13N5O3/c1-14-7-8(16(18)19)4-10(14)11(17)15-3-2-13-6-9(15)5-12/h4,7,9,13H,2-3,6H2,1H3. The molecule has 0 saturated carbocycles. The maximum absolute atomic E-state index is 12.3. The second-order valence-corrected chi connectivity index (χ2v) is 4.30. The van der Waals surface area contributed by atoms with Gasteiger partial charge in [-0.3, -0.25) is 14.9 Å². The third-order valence-corrected chi connectivity index (χ3v) is 3.07. The number of hydrogen-bond acceptors (Lipinski definition) is 5. The van der Waals surface area contributed by atoms with E-state index >= 15 is 0 Å². The Morgan fingerprint density at radius 1 is 1.68 bits per heavy atom. The van der Waals surface area contributed by atoms with Gasteiger partial charge in [0.15, 0.2) is 0 Å². The van der Waals surface area contributed by atoms with E-state index in [-0.39, 0.29) is 17.3 Å². The lowest BCUT2D eigenvalue weighted by molar-refractivity contribution is -0.384. The van der Waals surface area contributed by atoms with E-state index in [9.17, 15) is 14.9 Å². The zero-order valence-electron chi connectivity index (χ0n) is 10.4. The predicted octanol–water partition coefficient (Wildman–Crippen LogP) is -0.129. The molecule has 2 rings (SSSR count). The van der Waals surface area contributed by atoms with Crippen LogP contribution in [0.1, 0.15) is 10.5 Å². The summed E-state index contributed by atoms with van der Waals surface area (Å²) >= 11 is 0. The van der Waals surface area contributed by atoms with E-state index in [4.69, 9.17) is 5.26 Å². The Hall–Kier alpha value is -2.40. The van der Waals surface area contributed by atoms with Crippen molar-refractivity contribution >= 4 is 11.6 Å². The van der Waals surface area contributed by atoms with E-state index < -0.39 is 11.0 Å². The Bertz CT molecular complexity index is 559. The molecular weight excluding hydrogens is 250 g/mol. The number of carbonyl (C=O) groups excluding carboxylic acids is 1. The van der Waals surface area contributed by atoms with Crippen molar-refractivity contribution < 1.29 is 9.72 Å². The van der Waals surface area contributed by atoms with E-state index in [2.05, 4.69) is 11.4 Å². The van der Waals surface area contributed by atoms with E-state index in [0.29, 0.717) is 19.6 Å². The summed E-state index contributed by atoms with van der Waals surface area (Å²) in [4.78, 5) is 23.9. The van der Waals surface area contributed by atoms with Crippen LogP contribution in [0.15, 0.2) is 12.3 Å². The molecule has 1 N–H and O–H groups in total. The summed E-state index contributed by atoms with van der Waals surface area (Å²) in [6, 6.07) is 2.74. The van der Waals surface area contributed by atoms with E-state index in [1.807, 2.05) is 0 Å². The van der Waals surface area contributed by atoms with Crippen LogP contribution in [0.5, 0.6) is 0 Å². The van der Waals surface area contributed by atoms with Crippen LogP contribution in [0.3, 0.4) is 0 Å². The molecule has 0 aliphatic carbocycles. The maximum atomic E-state index is 12.3. The predicted molar refractivity (Wildman–Crippen MR) is 65.4 cm³/mol. The third-order valence-electron chi connectivity index (χ3n) is 3.07. The molecule has 1 aliphatic heterocycles. The van der Waals surface area contributed by atoms with Crippen LogP contribution in [0, 0.1) is 21.4 Å². The monoisotopic (exact) mass is 263 g/mol. The fourth-order valence-corrected chi connectivity index (χ4v) is 2.07. The van der Waals surface area contributed by atoms with Crippen molar-refractivity contribution in [2.45, 2.75) is 6.04 Å². The molecule has 1 unspecified atom stereocenters. The molecule has 19 heavy (non-hydrogen) atoms. The minimum atomic E-state index is -0.546. The molecule has 0 radical (unpaired) electrons. The number of nitro groups is 1. The number of amides is 1. The van der Waals surface area contributed by atoms with Crippen LogP contribution in [-0.2, 0) is 7.05 Å². The molecule has 1 aromatic rings. The molecule has 1 fully saturated rings. The van der Waals surface area contributed by atoms with Gasteiger partial charge in [0.25, 0.3) is 11.6 Å². The zero-order chi connectivity index (χ0) is 14.0. The molecule has 8 nitrogen and oxygen atoms in total. The first-order chi connectivity index (χ1) is 9.04. The van der Waals surface area contributed by atoms with Gasteiger partial charge in [-0.2, -0.15) is 5.26 Å². The lowest BCUT2D eigenvalue weighted by Gasteiger charge is -2.31. The van der Waals surface area contributed by atoms with Crippen molar-refractivity contribution in [3.63, 3.8) is 0 Å². The molecule has 0 aromatic carbocycles. The van der Waals surface area contributed by atoms with Crippen LogP contribution < -0.4 is 5.32 Å². The van der Waals surface area contributed by atoms with Gasteiger partial charge in [0.1, 0.15) is 11.7 Å². The first kappa shape index (κ1) is 13.0. The van der Waals surface area contributed by atoms with Gasteiger partial charge in [0, 0.05) is 32.7 Å². The van der Waals surface area contributed by atoms with Gasteiger partial charge in [-0.25, -0.2) is 0 Å². The number of aryl methyl sites for hydroxylation is 1. The van der Waals surface area contributed by atoms with Crippen LogP contribution >= 0.6 is 0 Å². The smallest absolute Gasteiger partial charge is 0.287 e. The molecule has 1 atom stereocenters. The summed E-state index contributed by atoms with van der Waals surface area (Å²) in [6.07, 6.45) is 1.29. The number of hydrogen-bond donors (Lipinski definition) is 1. The Labute approximate surface area is 109 Å². The molecule has 1 saturated heterocycles. The topological polar surface area (TPSA) is 104 Å². The van der Waals surface area contributed by atoms with E-state index in [1.54, 1.807) is 7.05 Å². The highest BCUT2D eigenvalue weighted by Crippen LogP contribution is 2.18. The number of nitriles is 1. The van der Waals surface area contributed by atoms with Gasteiger partial charge in [-0.15, -0.1) is 0 Å². The lowest BCUT2D eigenvalue weighted by Crippen LogP contribution is -2.53. The van der Waals surface area contributed by atoms with Crippen molar-refractivity contribution in [3.05, 3.63) is 28.1 Å². The molecule has 0 spiro atoms. The molecule has 1 aromatic heterocycles. The van der Waals surface area contributed by atoms with Gasteiger partial charge in [-0.05, 0) is 0 Å². The molecule has 1 amide bonds. The van der Waals surface area contributed by atoms with Crippen molar-refractivity contribution in [1.82, 2.24) is 14.8 Å². The number of carbonyl (C=O) groups is 1. The van der Waals surface area contributed by atoms with Crippen molar-refractivity contribution in [2.75, 3.05) is 19.6 Å². The Balaban J connectivity index is 2.28. The SMILES string of the molecule is Cn1cc([N+](=O)[O-])cc1C(=O)N1CCNCC1C#N. The first-order valence-corrected chi connectivity index (χ1v) is 5.76. The van der Waals surface area contributed by atoms with Gasteiger partial charge in [0.2, 0.25) is 0 Å². The summed E-state index contributed by atoms with van der Waals surface area (Å²) < 4.78 is 1.41. The molecule has 8 heteroatoms. The molecule has 100 valence electrons. The summed E-state index contributed by atoms with van der Waals surface area (Å²) in [6.45, 7) is 1.43. The number of piperazine rings is 1. The maximum Gasteiger partial charge on any atom is 0.287 e. The largest absolute Gasteiger partial charge is 0.340 e. The second kappa shape index (κ2) is 5.07. The lowest BCUT2D eigenvalue weighted by atomic mass is 10.2. The Morgan fingerprint density at radius 2 is 2.42 bits per heavy atom. The Kier molecular flexibility index (Phi) is 3.48. The van der Waals surface area contributed by atoms with Crippen LogP contribution in [-0.4, -0.2) is 46.0 Å². The molecule has 1 aliphatic rings. The summed E-state index contributed by atoms with van der Waals surface area (Å²) in [7, 11) is 1.57. The third kappa shape index (κ3) is 2.41. The number of nitrogens with zero attached hydrogens (tertiary/aromatic N) is 4.